The van der Waals surface area contributed by atoms with Crippen molar-refractivity contribution in [3.05, 3.63) is 11.6 Å². The van der Waals surface area contributed by atoms with E-state index in [1.807, 2.05) is 19.9 Å². The largest absolute Gasteiger partial charge is 0.481 e. The van der Waals surface area contributed by atoms with Gasteiger partial charge in [0.1, 0.15) is 0 Å². The fraction of sp³-hybridized carbons (Fsp3) is 0.667. The van der Waals surface area contributed by atoms with Crippen molar-refractivity contribution in [1.82, 2.24) is 0 Å². The van der Waals surface area contributed by atoms with Crippen molar-refractivity contribution in [2.75, 3.05) is 0 Å². The summed E-state index contributed by atoms with van der Waals surface area (Å²) in [5.74, 6) is -0.462. The third kappa shape index (κ3) is 0.971. The summed E-state index contributed by atoms with van der Waals surface area (Å²) in [5, 5.41) is 8.97. The monoisotopic (exact) mass is 154 g/mol. The molecule has 0 aromatic carbocycles. The van der Waals surface area contributed by atoms with Crippen molar-refractivity contribution < 1.29 is 9.90 Å². The minimum absolute atomic E-state index is 0.236. The van der Waals surface area contributed by atoms with E-state index in [9.17, 15) is 4.79 Å². The number of allylic oxidation sites excluding steroid dienone is 1. The molecule has 0 fully saturated rings. The summed E-state index contributed by atoms with van der Waals surface area (Å²) >= 11 is 0. The molecule has 1 aliphatic carbocycles. The van der Waals surface area contributed by atoms with E-state index < -0.39 is 11.4 Å². The van der Waals surface area contributed by atoms with Crippen molar-refractivity contribution in [3.63, 3.8) is 0 Å². The first-order valence-electron chi connectivity index (χ1n) is 3.90. The highest BCUT2D eigenvalue weighted by molar-refractivity contribution is 5.79. The van der Waals surface area contributed by atoms with Gasteiger partial charge in [0.15, 0.2) is 0 Å². The Morgan fingerprint density at radius 3 is 2.55 bits per heavy atom. The van der Waals surface area contributed by atoms with E-state index in [0.29, 0.717) is 0 Å². The topological polar surface area (TPSA) is 37.3 Å². The summed E-state index contributed by atoms with van der Waals surface area (Å²) in [4.78, 5) is 10.9. The van der Waals surface area contributed by atoms with Gasteiger partial charge in [0.25, 0.3) is 0 Å². The first-order valence-corrected chi connectivity index (χ1v) is 3.90. The van der Waals surface area contributed by atoms with Crippen molar-refractivity contribution in [3.8, 4) is 0 Å². The molecule has 1 aliphatic rings. The summed E-state index contributed by atoms with van der Waals surface area (Å²) < 4.78 is 0. The Morgan fingerprint density at radius 2 is 2.36 bits per heavy atom. The lowest BCUT2D eigenvalue weighted by molar-refractivity contribution is -0.147. The summed E-state index contributed by atoms with van der Waals surface area (Å²) in [5.41, 5.74) is 0.387. The second kappa shape index (κ2) is 2.36. The molecule has 0 spiro atoms. The van der Waals surface area contributed by atoms with Crippen LogP contribution < -0.4 is 0 Å². The predicted molar refractivity (Wildman–Crippen MR) is 43.3 cm³/mol. The number of carboxylic acid groups (broad SMARTS) is 1. The zero-order valence-electron chi connectivity index (χ0n) is 7.22. The van der Waals surface area contributed by atoms with Crippen LogP contribution in [0.2, 0.25) is 0 Å². The molecular weight excluding hydrogens is 140 g/mol. The second-order valence-electron chi connectivity index (χ2n) is 3.53. The number of hydrogen-bond donors (Lipinski definition) is 1. The third-order valence-electron chi connectivity index (χ3n) is 3.03. The molecule has 11 heavy (non-hydrogen) atoms. The Kier molecular flexibility index (Phi) is 1.78. The highest BCUT2D eigenvalue weighted by Crippen LogP contribution is 2.43. The molecule has 1 N–H and O–H groups in total. The first kappa shape index (κ1) is 8.31. The van der Waals surface area contributed by atoms with Crippen LogP contribution in [0.5, 0.6) is 0 Å². The van der Waals surface area contributed by atoms with Gasteiger partial charge in [-0.2, -0.15) is 0 Å². The zero-order chi connectivity index (χ0) is 8.65. The fourth-order valence-corrected chi connectivity index (χ4v) is 1.57. The lowest BCUT2D eigenvalue weighted by Gasteiger charge is -2.26. The Morgan fingerprint density at radius 1 is 1.82 bits per heavy atom. The average Bonchev–Trinajstić information content (AvgIpc) is 2.18. The SMILES string of the molecule is CC1=CC[C@@H](C)[C@]1(C)C(=O)O. The minimum atomic E-state index is -0.698. The van der Waals surface area contributed by atoms with Gasteiger partial charge in [-0.3, -0.25) is 4.79 Å². The van der Waals surface area contributed by atoms with E-state index in [4.69, 9.17) is 5.11 Å². The Labute approximate surface area is 66.9 Å². The molecule has 0 heterocycles. The minimum Gasteiger partial charge on any atom is -0.481 e. The first-order chi connectivity index (χ1) is 4.99. The Bertz CT molecular complexity index is 218. The lowest BCUT2D eigenvalue weighted by Crippen LogP contribution is -2.32. The van der Waals surface area contributed by atoms with E-state index in [0.717, 1.165) is 12.0 Å². The average molecular weight is 154 g/mol. The maximum absolute atomic E-state index is 10.9. The van der Waals surface area contributed by atoms with Gasteiger partial charge < -0.3 is 5.11 Å². The molecule has 62 valence electrons. The zero-order valence-corrected chi connectivity index (χ0v) is 7.22. The third-order valence-corrected chi connectivity index (χ3v) is 3.03. The van der Waals surface area contributed by atoms with Crippen LogP contribution in [-0.2, 0) is 4.79 Å². The van der Waals surface area contributed by atoms with Crippen molar-refractivity contribution in [2.24, 2.45) is 11.3 Å². The maximum atomic E-state index is 10.9. The Hall–Kier alpha value is -0.790. The molecular formula is C9H14O2. The number of hydrogen-bond acceptors (Lipinski definition) is 1. The highest BCUT2D eigenvalue weighted by atomic mass is 16.4. The molecule has 0 amide bonds. The number of carbonyl (C=O) groups is 1. The molecule has 0 aliphatic heterocycles. The van der Waals surface area contributed by atoms with Crippen LogP contribution in [0, 0.1) is 11.3 Å². The van der Waals surface area contributed by atoms with Gasteiger partial charge in [0.2, 0.25) is 0 Å². The van der Waals surface area contributed by atoms with E-state index in [-0.39, 0.29) is 5.92 Å². The molecule has 2 atom stereocenters. The lowest BCUT2D eigenvalue weighted by atomic mass is 9.77. The van der Waals surface area contributed by atoms with Gasteiger partial charge in [-0.15, -0.1) is 0 Å². The molecule has 0 aromatic rings. The van der Waals surface area contributed by atoms with E-state index in [2.05, 4.69) is 0 Å². The predicted octanol–water partition coefficient (Wildman–Crippen LogP) is 2.06. The van der Waals surface area contributed by atoms with Crippen molar-refractivity contribution in [2.45, 2.75) is 27.2 Å². The van der Waals surface area contributed by atoms with Gasteiger partial charge in [-0.1, -0.05) is 18.6 Å². The molecule has 0 aromatic heterocycles. The fourth-order valence-electron chi connectivity index (χ4n) is 1.57. The summed E-state index contributed by atoms with van der Waals surface area (Å²) in [7, 11) is 0. The second-order valence-corrected chi connectivity index (χ2v) is 3.53. The van der Waals surface area contributed by atoms with Crippen LogP contribution >= 0.6 is 0 Å². The van der Waals surface area contributed by atoms with Gasteiger partial charge in [0.05, 0.1) is 5.41 Å². The number of aliphatic carboxylic acids is 1. The van der Waals surface area contributed by atoms with Crippen LogP contribution in [0.25, 0.3) is 0 Å². The van der Waals surface area contributed by atoms with Gasteiger partial charge in [-0.05, 0) is 26.2 Å². The van der Waals surface area contributed by atoms with Crippen LogP contribution in [-0.4, -0.2) is 11.1 Å². The van der Waals surface area contributed by atoms with E-state index in [1.54, 1.807) is 6.92 Å². The summed E-state index contributed by atoms with van der Waals surface area (Å²) in [6, 6.07) is 0. The molecule has 0 saturated heterocycles. The van der Waals surface area contributed by atoms with Crippen LogP contribution in [0.15, 0.2) is 11.6 Å². The van der Waals surface area contributed by atoms with Crippen LogP contribution in [0.3, 0.4) is 0 Å². The molecule has 0 radical (unpaired) electrons. The molecule has 0 unspecified atom stereocenters. The number of carboxylic acids is 1. The van der Waals surface area contributed by atoms with Crippen LogP contribution in [0.4, 0.5) is 0 Å². The summed E-state index contributed by atoms with van der Waals surface area (Å²) in [6.07, 6.45) is 2.92. The molecule has 0 bridgehead atoms. The standard InChI is InChI=1S/C9H14O2/c1-6-4-5-7(2)9(6,3)8(10)11/h4,7H,5H2,1-3H3,(H,10,11)/t7-,9-/m1/s1. The number of rotatable bonds is 1. The molecule has 2 nitrogen and oxygen atoms in total. The highest BCUT2D eigenvalue weighted by Gasteiger charge is 2.43. The maximum Gasteiger partial charge on any atom is 0.313 e. The smallest absolute Gasteiger partial charge is 0.313 e. The van der Waals surface area contributed by atoms with Crippen molar-refractivity contribution >= 4 is 5.97 Å². The van der Waals surface area contributed by atoms with E-state index >= 15 is 0 Å². The molecule has 0 saturated carbocycles. The molecule has 2 heteroatoms. The van der Waals surface area contributed by atoms with Gasteiger partial charge >= 0.3 is 5.97 Å². The van der Waals surface area contributed by atoms with Crippen LogP contribution in [0.1, 0.15) is 27.2 Å². The quantitative estimate of drug-likeness (QED) is 0.587. The normalized spacial score (nSPS) is 37.0. The van der Waals surface area contributed by atoms with Gasteiger partial charge in [0, 0.05) is 0 Å². The van der Waals surface area contributed by atoms with Gasteiger partial charge in [-0.25, -0.2) is 0 Å². The van der Waals surface area contributed by atoms with Crippen molar-refractivity contribution in [1.29, 1.82) is 0 Å². The molecule has 1 rings (SSSR count). The van der Waals surface area contributed by atoms with E-state index in [1.165, 1.54) is 0 Å². The Balaban J connectivity index is 3.00. The summed E-state index contributed by atoms with van der Waals surface area (Å²) in [6.45, 7) is 5.69.